The van der Waals surface area contributed by atoms with Crippen LogP contribution in [0.15, 0.2) is 0 Å². The molecular formula is C8H19N3O2S. The number of nitrogens with one attached hydrogen (secondary N) is 2. The van der Waals surface area contributed by atoms with Crippen LogP contribution in [0.3, 0.4) is 0 Å². The van der Waals surface area contributed by atoms with E-state index in [9.17, 15) is 8.42 Å². The Labute approximate surface area is 86.0 Å². The van der Waals surface area contributed by atoms with E-state index < -0.39 is 10.2 Å². The van der Waals surface area contributed by atoms with E-state index in [1.54, 1.807) is 14.1 Å². The van der Waals surface area contributed by atoms with Gasteiger partial charge in [0.2, 0.25) is 0 Å². The molecule has 1 aliphatic carbocycles. The Morgan fingerprint density at radius 2 is 2.00 bits per heavy atom. The highest BCUT2D eigenvalue weighted by molar-refractivity contribution is 7.87. The molecule has 0 atom stereocenters. The van der Waals surface area contributed by atoms with Gasteiger partial charge in [0.15, 0.2) is 0 Å². The van der Waals surface area contributed by atoms with Crippen LogP contribution in [-0.2, 0) is 10.2 Å². The van der Waals surface area contributed by atoms with Crippen molar-refractivity contribution < 1.29 is 8.42 Å². The number of hydrogen-bond acceptors (Lipinski definition) is 3. The van der Waals surface area contributed by atoms with Crippen LogP contribution in [-0.4, -0.2) is 46.5 Å². The Balaban J connectivity index is 2.30. The zero-order valence-corrected chi connectivity index (χ0v) is 9.60. The largest absolute Gasteiger partial charge is 0.318 e. The normalized spacial score (nSPS) is 17.6. The molecule has 0 bridgehead atoms. The zero-order valence-electron chi connectivity index (χ0n) is 8.78. The third-order valence-electron chi connectivity index (χ3n) is 2.28. The summed E-state index contributed by atoms with van der Waals surface area (Å²) in [4.78, 5) is 0. The van der Waals surface area contributed by atoms with Gasteiger partial charge in [-0.05, 0) is 25.8 Å². The summed E-state index contributed by atoms with van der Waals surface area (Å²) >= 11 is 0. The van der Waals surface area contributed by atoms with Gasteiger partial charge in [0.05, 0.1) is 0 Å². The maximum atomic E-state index is 11.6. The molecule has 0 aliphatic heterocycles. The summed E-state index contributed by atoms with van der Waals surface area (Å²) in [5.41, 5.74) is 0. The number of nitrogens with zero attached hydrogens (tertiary/aromatic N) is 1. The maximum absolute atomic E-state index is 11.6. The van der Waals surface area contributed by atoms with E-state index in [0.29, 0.717) is 25.6 Å². The average molecular weight is 221 g/mol. The summed E-state index contributed by atoms with van der Waals surface area (Å²) in [7, 11) is 0.175. The van der Waals surface area contributed by atoms with Crippen LogP contribution in [0.2, 0.25) is 0 Å². The van der Waals surface area contributed by atoms with Crippen molar-refractivity contribution in [3.05, 3.63) is 0 Å². The maximum Gasteiger partial charge on any atom is 0.279 e. The Morgan fingerprint density at radius 3 is 2.50 bits per heavy atom. The number of rotatable bonds is 7. The third kappa shape index (κ3) is 3.91. The first-order valence-corrected chi connectivity index (χ1v) is 6.36. The molecule has 84 valence electrons. The van der Waals surface area contributed by atoms with Gasteiger partial charge in [0.25, 0.3) is 10.2 Å². The Bertz CT molecular complexity index is 262. The summed E-state index contributed by atoms with van der Waals surface area (Å²) in [5, 5.41) is 2.89. The summed E-state index contributed by atoms with van der Waals surface area (Å²) in [6, 6.07) is 0. The SMILES string of the molecule is CNCCNS(=O)(=O)N(C)CC1CC1. The van der Waals surface area contributed by atoms with Crippen LogP contribution < -0.4 is 10.0 Å². The van der Waals surface area contributed by atoms with Crippen molar-refractivity contribution in [2.45, 2.75) is 12.8 Å². The quantitative estimate of drug-likeness (QED) is 0.563. The van der Waals surface area contributed by atoms with E-state index in [0.717, 1.165) is 12.8 Å². The van der Waals surface area contributed by atoms with Gasteiger partial charge < -0.3 is 5.32 Å². The predicted molar refractivity (Wildman–Crippen MR) is 56.2 cm³/mol. The minimum atomic E-state index is -3.24. The van der Waals surface area contributed by atoms with Gasteiger partial charge in [0.1, 0.15) is 0 Å². The first-order valence-electron chi connectivity index (χ1n) is 4.92. The molecule has 0 amide bonds. The molecule has 0 spiro atoms. The molecule has 1 aliphatic rings. The second-order valence-corrected chi connectivity index (χ2v) is 5.59. The molecule has 5 nitrogen and oxygen atoms in total. The molecule has 0 radical (unpaired) electrons. The molecule has 1 rings (SSSR count). The lowest BCUT2D eigenvalue weighted by Gasteiger charge is -2.17. The Morgan fingerprint density at radius 1 is 1.36 bits per heavy atom. The average Bonchev–Trinajstić information content (AvgIpc) is 2.88. The first kappa shape index (κ1) is 11.9. The predicted octanol–water partition coefficient (Wildman–Crippen LogP) is -0.618. The van der Waals surface area contributed by atoms with Crippen molar-refractivity contribution in [3.63, 3.8) is 0 Å². The van der Waals surface area contributed by atoms with Gasteiger partial charge >= 0.3 is 0 Å². The second-order valence-electron chi connectivity index (χ2n) is 3.73. The Kier molecular flexibility index (Phi) is 4.31. The van der Waals surface area contributed by atoms with Gasteiger partial charge in [-0.1, -0.05) is 0 Å². The highest BCUT2D eigenvalue weighted by atomic mass is 32.2. The van der Waals surface area contributed by atoms with Crippen molar-refractivity contribution in [1.82, 2.24) is 14.3 Å². The highest BCUT2D eigenvalue weighted by Crippen LogP contribution is 2.29. The van der Waals surface area contributed by atoms with E-state index in [1.807, 2.05) is 0 Å². The minimum absolute atomic E-state index is 0.438. The number of likely N-dealkylation sites (N-methyl/N-ethyl adjacent to an activating group) is 1. The van der Waals surface area contributed by atoms with E-state index in [1.165, 1.54) is 4.31 Å². The molecule has 6 heteroatoms. The lowest BCUT2D eigenvalue weighted by molar-refractivity contribution is 0.442. The summed E-state index contributed by atoms with van der Waals surface area (Å²) < 4.78 is 27.0. The Hall–Kier alpha value is -0.170. The highest BCUT2D eigenvalue weighted by Gasteiger charge is 2.27. The van der Waals surface area contributed by atoms with E-state index in [4.69, 9.17) is 0 Å². The van der Waals surface area contributed by atoms with Crippen LogP contribution in [0.4, 0.5) is 0 Å². The molecule has 2 N–H and O–H groups in total. The smallest absolute Gasteiger partial charge is 0.279 e. The summed E-state index contributed by atoms with van der Waals surface area (Å²) in [6.45, 7) is 1.74. The summed E-state index contributed by atoms with van der Waals surface area (Å²) in [6.07, 6.45) is 2.33. The monoisotopic (exact) mass is 221 g/mol. The lowest BCUT2D eigenvalue weighted by Crippen LogP contribution is -2.41. The van der Waals surface area contributed by atoms with Crippen LogP contribution in [0.5, 0.6) is 0 Å². The fraction of sp³-hybridized carbons (Fsp3) is 1.00. The summed E-state index contributed by atoms with van der Waals surface area (Å²) in [5.74, 6) is 0.584. The van der Waals surface area contributed by atoms with E-state index in [2.05, 4.69) is 10.0 Å². The molecule has 14 heavy (non-hydrogen) atoms. The van der Waals surface area contributed by atoms with Gasteiger partial charge in [-0.2, -0.15) is 12.7 Å². The van der Waals surface area contributed by atoms with Crippen LogP contribution in [0.25, 0.3) is 0 Å². The van der Waals surface area contributed by atoms with Crippen molar-refractivity contribution in [3.8, 4) is 0 Å². The van der Waals surface area contributed by atoms with Crippen LogP contribution in [0, 0.1) is 5.92 Å². The molecule has 1 fully saturated rings. The van der Waals surface area contributed by atoms with E-state index >= 15 is 0 Å². The molecule has 0 aromatic rings. The molecule has 0 aromatic heterocycles. The van der Waals surface area contributed by atoms with E-state index in [-0.39, 0.29) is 0 Å². The van der Waals surface area contributed by atoms with Crippen molar-refractivity contribution in [1.29, 1.82) is 0 Å². The van der Waals surface area contributed by atoms with Crippen molar-refractivity contribution in [2.24, 2.45) is 5.92 Å². The zero-order chi connectivity index (χ0) is 10.6. The fourth-order valence-corrected chi connectivity index (χ4v) is 2.16. The third-order valence-corrected chi connectivity index (χ3v) is 3.82. The molecule has 0 heterocycles. The van der Waals surface area contributed by atoms with Crippen LogP contribution in [0.1, 0.15) is 12.8 Å². The molecular weight excluding hydrogens is 202 g/mol. The van der Waals surface area contributed by atoms with Gasteiger partial charge in [-0.25, -0.2) is 4.72 Å². The van der Waals surface area contributed by atoms with Gasteiger partial charge in [-0.3, -0.25) is 0 Å². The topological polar surface area (TPSA) is 61.4 Å². The second kappa shape index (κ2) is 5.06. The number of hydrogen-bond donors (Lipinski definition) is 2. The van der Waals surface area contributed by atoms with Gasteiger partial charge in [-0.15, -0.1) is 0 Å². The lowest BCUT2D eigenvalue weighted by atomic mass is 10.4. The van der Waals surface area contributed by atoms with Crippen LogP contribution >= 0.6 is 0 Å². The fourth-order valence-electron chi connectivity index (χ4n) is 1.18. The molecule has 0 aromatic carbocycles. The molecule has 1 saturated carbocycles. The van der Waals surface area contributed by atoms with Gasteiger partial charge in [0, 0.05) is 26.7 Å². The van der Waals surface area contributed by atoms with Crippen molar-refractivity contribution in [2.75, 3.05) is 33.7 Å². The first-order chi connectivity index (χ1) is 6.56. The standard InChI is InChI=1S/C8H19N3O2S/c1-9-5-6-10-14(12,13)11(2)7-8-3-4-8/h8-10H,3-7H2,1-2H3. The molecule has 0 unspecified atom stereocenters. The molecule has 0 saturated heterocycles. The minimum Gasteiger partial charge on any atom is -0.318 e. The van der Waals surface area contributed by atoms with Crippen molar-refractivity contribution >= 4 is 10.2 Å².